The van der Waals surface area contributed by atoms with Crippen molar-refractivity contribution in [2.24, 2.45) is 5.92 Å². The molecule has 0 bridgehead atoms. The van der Waals surface area contributed by atoms with Gasteiger partial charge in [-0.1, -0.05) is 26.0 Å². The van der Waals surface area contributed by atoms with E-state index in [1.165, 1.54) is 16.4 Å². The average Bonchev–Trinajstić information content (AvgIpc) is 3.24. The molecule has 148 valence electrons. The van der Waals surface area contributed by atoms with Gasteiger partial charge in [0.2, 0.25) is 0 Å². The van der Waals surface area contributed by atoms with Gasteiger partial charge in [-0.25, -0.2) is 4.68 Å². The van der Waals surface area contributed by atoms with Crippen LogP contribution in [0.4, 0.5) is 0 Å². The molecule has 1 aromatic carbocycles. The second kappa shape index (κ2) is 6.65. The molecule has 0 radical (unpaired) electrons. The smallest absolute Gasteiger partial charge is 0.306 e. The summed E-state index contributed by atoms with van der Waals surface area (Å²) < 4.78 is 1.51. The minimum Gasteiger partial charge on any atom is -0.504 e. The molecule has 1 aliphatic heterocycles. The highest BCUT2D eigenvalue weighted by atomic mass is 16.4. The number of rotatable bonds is 4. The van der Waals surface area contributed by atoms with Crippen LogP contribution in [0.1, 0.15) is 61.5 Å². The second-order valence-electron chi connectivity index (χ2n) is 8.28. The van der Waals surface area contributed by atoms with E-state index in [4.69, 9.17) is 0 Å². The maximum absolute atomic E-state index is 13.1. The first-order valence-corrected chi connectivity index (χ1v) is 9.74. The van der Waals surface area contributed by atoms with Crippen LogP contribution in [-0.4, -0.2) is 48.9 Å². The van der Waals surface area contributed by atoms with Gasteiger partial charge in [0.05, 0.1) is 17.8 Å². The Kier molecular flexibility index (Phi) is 4.40. The molecule has 7 nitrogen and oxygen atoms in total. The highest BCUT2D eigenvalue weighted by Gasteiger charge is 2.55. The number of nitrogens with zero attached hydrogens (tertiary/aromatic N) is 3. The van der Waals surface area contributed by atoms with Crippen LogP contribution in [-0.2, 0) is 4.79 Å². The standard InChI is InChI=1S/C21H25N3O4/c1-13(2)14-4-6-16(7-5-14)24-12-17(25)18(22-24)19(26)23-9-3-8-21(23)10-15(11-21)20(27)28/h4-7,12-13,15,25H,3,8-11H2,1-2H3,(H,27,28). The van der Waals surface area contributed by atoms with Crippen molar-refractivity contribution < 1.29 is 19.8 Å². The van der Waals surface area contributed by atoms with Gasteiger partial charge < -0.3 is 15.1 Å². The Hall–Kier alpha value is -2.83. The Bertz CT molecular complexity index is 910. The van der Waals surface area contributed by atoms with E-state index in [1.807, 2.05) is 24.3 Å². The third kappa shape index (κ3) is 2.95. The van der Waals surface area contributed by atoms with Gasteiger partial charge in [0.25, 0.3) is 5.91 Å². The molecule has 1 saturated heterocycles. The first kappa shape index (κ1) is 18.5. The van der Waals surface area contributed by atoms with E-state index in [1.54, 1.807) is 4.90 Å². The van der Waals surface area contributed by atoms with E-state index in [9.17, 15) is 19.8 Å². The van der Waals surface area contributed by atoms with E-state index >= 15 is 0 Å². The molecule has 1 spiro atoms. The van der Waals surface area contributed by atoms with Crippen molar-refractivity contribution in [3.63, 3.8) is 0 Å². The fourth-order valence-corrected chi connectivity index (χ4v) is 4.50. The van der Waals surface area contributed by atoms with Gasteiger partial charge in [-0.05, 0) is 49.3 Å². The molecular formula is C21H25N3O4. The topological polar surface area (TPSA) is 95.7 Å². The molecule has 2 N–H and O–H groups in total. The number of likely N-dealkylation sites (tertiary alicyclic amines) is 1. The summed E-state index contributed by atoms with van der Waals surface area (Å²) in [7, 11) is 0. The maximum Gasteiger partial charge on any atom is 0.306 e. The first-order chi connectivity index (χ1) is 13.3. The van der Waals surface area contributed by atoms with Gasteiger partial charge in [0.15, 0.2) is 11.4 Å². The molecule has 2 aromatic rings. The van der Waals surface area contributed by atoms with Gasteiger partial charge in [-0.3, -0.25) is 9.59 Å². The largest absolute Gasteiger partial charge is 0.504 e. The van der Waals surface area contributed by atoms with Gasteiger partial charge >= 0.3 is 5.97 Å². The summed E-state index contributed by atoms with van der Waals surface area (Å²) in [6.07, 6.45) is 4.05. The van der Waals surface area contributed by atoms with Crippen LogP contribution in [0.15, 0.2) is 30.5 Å². The van der Waals surface area contributed by atoms with Crippen LogP contribution in [0.5, 0.6) is 5.75 Å². The average molecular weight is 383 g/mol. The highest BCUT2D eigenvalue weighted by Crippen LogP contribution is 2.49. The summed E-state index contributed by atoms with van der Waals surface area (Å²) in [6, 6.07) is 7.85. The zero-order valence-corrected chi connectivity index (χ0v) is 16.1. The number of carboxylic acids is 1. The normalized spacial score (nSPS) is 24.0. The van der Waals surface area contributed by atoms with Crippen molar-refractivity contribution in [2.45, 2.75) is 51.0 Å². The predicted octanol–water partition coefficient (Wildman–Crippen LogP) is 3.17. The Balaban J connectivity index is 1.56. The number of carboxylic acid groups (broad SMARTS) is 1. The summed E-state index contributed by atoms with van der Waals surface area (Å²) >= 11 is 0. The summed E-state index contributed by atoms with van der Waals surface area (Å²) in [4.78, 5) is 26.0. The number of carbonyl (C=O) groups excluding carboxylic acids is 1. The number of hydrogen-bond acceptors (Lipinski definition) is 4. The molecular weight excluding hydrogens is 358 g/mol. The van der Waals surface area contributed by atoms with Crippen LogP contribution in [0.25, 0.3) is 5.69 Å². The Morgan fingerprint density at radius 1 is 1.21 bits per heavy atom. The SMILES string of the molecule is CC(C)c1ccc(-n2cc(O)c(C(=O)N3CCCC34CC(C(=O)O)C4)n2)cc1. The fraction of sp³-hybridized carbons (Fsp3) is 0.476. The van der Waals surface area contributed by atoms with Crippen molar-refractivity contribution >= 4 is 11.9 Å². The Morgan fingerprint density at radius 2 is 1.89 bits per heavy atom. The lowest BCUT2D eigenvalue weighted by Crippen LogP contribution is -2.57. The predicted molar refractivity (Wildman–Crippen MR) is 103 cm³/mol. The summed E-state index contributed by atoms with van der Waals surface area (Å²) in [5.74, 6) is -1.26. The number of aromatic nitrogens is 2. The molecule has 28 heavy (non-hydrogen) atoms. The van der Waals surface area contributed by atoms with Crippen molar-refractivity contribution in [1.82, 2.24) is 14.7 Å². The van der Waals surface area contributed by atoms with Crippen molar-refractivity contribution in [2.75, 3.05) is 6.54 Å². The van der Waals surface area contributed by atoms with Gasteiger partial charge in [-0.15, -0.1) is 0 Å². The lowest BCUT2D eigenvalue weighted by molar-refractivity contribution is -0.149. The number of amides is 1. The molecule has 1 aliphatic carbocycles. The second-order valence-corrected chi connectivity index (χ2v) is 8.28. The van der Waals surface area contributed by atoms with E-state index in [0.29, 0.717) is 25.3 Å². The minimum absolute atomic E-state index is 0.0213. The zero-order valence-electron chi connectivity index (χ0n) is 16.1. The quantitative estimate of drug-likeness (QED) is 0.845. The molecule has 0 atom stereocenters. The maximum atomic E-state index is 13.1. The number of benzene rings is 1. The van der Waals surface area contributed by atoms with E-state index in [2.05, 4.69) is 18.9 Å². The summed E-state index contributed by atoms with van der Waals surface area (Å²) in [6.45, 7) is 4.81. The molecule has 1 amide bonds. The number of aliphatic carboxylic acids is 1. The molecule has 1 aromatic heterocycles. The van der Waals surface area contributed by atoms with Crippen LogP contribution in [0, 0.1) is 5.92 Å². The lowest BCUT2D eigenvalue weighted by Gasteiger charge is -2.49. The van der Waals surface area contributed by atoms with Crippen molar-refractivity contribution in [3.8, 4) is 11.4 Å². The van der Waals surface area contributed by atoms with Crippen LogP contribution in [0.3, 0.4) is 0 Å². The summed E-state index contributed by atoms with van der Waals surface area (Å²) in [5, 5.41) is 23.9. The van der Waals surface area contributed by atoms with Gasteiger partial charge in [0, 0.05) is 12.1 Å². The lowest BCUT2D eigenvalue weighted by atomic mass is 9.66. The molecule has 2 fully saturated rings. The molecule has 4 rings (SSSR count). The Labute approximate surface area is 163 Å². The third-order valence-corrected chi connectivity index (χ3v) is 6.17. The fourth-order valence-electron chi connectivity index (χ4n) is 4.50. The number of aromatic hydroxyl groups is 1. The Morgan fingerprint density at radius 3 is 2.50 bits per heavy atom. The first-order valence-electron chi connectivity index (χ1n) is 9.74. The van der Waals surface area contributed by atoms with Crippen LogP contribution < -0.4 is 0 Å². The monoisotopic (exact) mass is 383 g/mol. The number of hydrogen-bond donors (Lipinski definition) is 2. The van der Waals surface area contributed by atoms with Crippen LogP contribution >= 0.6 is 0 Å². The highest BCUT2D eigenvalue weighted by molar-refractivity contribution is 5.96. The molecule has 0 unspecified atom stereocenters. The molecule has 1 saturated carbocycles. The van der Waals surface area contributed by atoms with E-state index in [-0.39, 0.29) is 23.3 Å². The van der Waals surface area contributed by atoms with Crippen molar-refractivity contribution in [3.05, 3.63) is 41.7 Å². The third-order valence-electron chi connectivity index (χ3n) is 6.17. The van der Waals surface area contributed by atoms with Crippen LogP contribution in [0.2, 0.25) is 0 Å². The van der Waals surface area contributed by atoms with Crippen molar-refractivity contribution in [1.29, 1.82) is 0 Å². The zero-order chi connectivity index (χ0) is 20.1. The minimum atomic E-state index is -0.804. The molecule has 7 heteroatoms. The van der Waals surface area contributed by atoms with E-state index in [0.717, 1.165) is 18.5 Å². The van der Waals surface area contributed by atoms with Gasteiger partial charge in [0.1, 0.15) is 0 Å². The number of carbonyl (C=O) groups is 2. The molecule has 2 aliphatic rings. The van der Waals surface area contributed by atoms with E-state index < -0.39 is 11.5 Å². The summed E-state index contributed by atoms with van der Waals surface area (Å²) in [5.41, 5.74) is 1.60. The molecule has 2 heterocycles. The van der Waals surface area contributed by atoms with Gasteiger partial charge in [-0.2, -0.15) is 5.10 Å².